The Balaban J connectivity index is 1.57. The van der Waals surface area contributed by atoms with Crippen LogP contribution in [-0.2, 0) is 0 Å². The lowest BCUT2D eigenvalue weighted by Gasteiger charge is -2.55. The van der Waals surface area contributed by atoms with Gasteiger partial charge in [-0.05, 0) is 91.3 Å². The molecule has 3 saturated carbocycles. The van der Waals surface area contributed by atoms with E-state index in [1.54, 1.807) is 5.57 Å². The zero-order valence-electron chi connectivity index (χ0n) is 19.7. The molecule has 0 saturated heterocycles. The Morgan fingerprint density at radius 2 is 1.69 bits per heavy atom. The number of aliphatic hydroxyl groups excluding tert-OH is 1. The second-order valence-corrected chi connectivity index (χ2v) is 11.9. The maximum absolute atomic E-state index is 10.2. The predicted octanol–water partition coefficient (Wildman–Crippen LogP) is 7.33. The Labute approximate surface area is 179 Å². The van der Waals surface area contributed by atoms with Crippen LogP contribution in [0, 0.1) is 46.3 Å². The van der Waals surface area contributed by atoms with E-state index in [1.165, 1.54) is 37.7 Å². The molecule has 3 fully saturated rings. The van der Waals surface area contributed by atoms with Crippen LogP contribution in [0.4, 0.5) is 0 Å². The molecule has 0 spiro atoms. The Morgan fingerprint density at radius 3 is 2.41 bits per heavy atom. The Morgan fingerprint density at radius 1 is 0.931 bits per heavy atom. The van der Waals surface area contributed by atoms with Crippen molar-refractivity contribution < 1.29 is 5.11 Å². The van der Waals surface area contributed by atoms with Gasteiger partial charge in [-0.2, -0.15) is 0 Å². The maximum Gasteiger partial charge on any atom is 0.0578 e. The van der Waals surface area contributed by atoms with E-state index in [0.29, 0.717) is 22.7 Å². The Bertz CT molecular complexity index is 712. The summed E-state index contributed by atoms with van der Waals surface area (Å²) in [5, 5.41) is 10.2. The maximum atomic E-state index is 10.2. The zero-order valence-corrected chi connectivity index (χ0v) is 19.7. The van der Waals surface area contributed by atoms with E-state index >= 15 is 0 Å². The Kier molecular flexibility index (Phi) is 5.69. The number of aliphatic hydroxyl groups is 1. The molecule has 0 aromatic heterocycles. The van der Waals surface area contributed by atoms with Crippen molar-refractivity contribution in [2.24, 2.45) is 46.3 Å². The summed E-state index contributed by atoms with van der Waals surface area (Å²) in [6.07, 6.45) is 18.4. The molecule has 4 aliphatic rings. The smallest absolute Gasteiger partial charge is 0.0578 e. The van der Waals surface area contributed by atoms with Crippen molar-refractivity contribution in [2.45, 2.75) is 92.6 Å². The lowest BCUT2D eigenvalue weighted by molar-refractivity contribution is 0.0382. The van der Waals surface area contributed by atoms with Crippen LogP contribution >= 0.6 is 0 Å². The summed E-state index contributed by atoms with van der Waals surface area (Å²) in [6.45, 7) is 14.6. The molecule has 162 valence electrons. The standard InChI is InChI=1S/C28H44O/c1-18(2)19(3)7-8-20(4)24-11-12-25-23-10-9-21-17-22(29)13-15-27(21,5)26(23)14-16-28(24,25)6/h7-10,18-20,22,24-26,29H,11-17H2,1-6H3/b8-7-/t19-,20+,22+,24-,25+,26+,27+,28-/m0/s1. The van der Waals surface area contributed by atoms with Crippen LogP contribution in [0.5, 0.6) is 0 Å². The van der Waals surface area contributed by atoms with E-state index < -0.39 is 0 Å². The van der Waals surface area contributed by atoms with E-state index in [2.05, 4.69) is 65.8 Å². The van der Waals surface area contributed by atoms with Gasteiger partial charge < -0.3 is 5.11 Å². The molecule has 1 nitrogen and oxygen atoms in total. The fourth-order valence-corrected chi connectivity index (χ4v) is 7.59. The molecule has 0 amide bonds. The molecule has 0 bridgehead atoms. The third-order valence-electron chi connectivity index (χ3n) is 10.0. The minimum absolute atomic E-state index is 0.116. The van der Waals surface area contributed by atoms with Gasteiger partial charge in [0.05, 0.1) is 6.10 Å². The van der Waals surface area contributed by atoms with Crippen molar-refractivity contribution in [1.82, 2.24) is 0 Å². The number of hydrogen-bond donors (Lipinski definition) is 1. The third kappa shape index (κ3) is 3.50. The zero-order chi connectivity index (χ0) is 21.0. The van der Waals surface area contributed by atoms with Crippen molar-refractivity contribution in [3.05, 3.63) is 35.5 Å². The molecule has 0 aliphatic heterocycles. The van der Waals surface area contributed by atoms with Gasteiger partial charge in [0.2, 0.25) is 0 Å². The highest BCUT2D eigenvalue weighted by molar-refractivity contribution is 5.39. The summed E-state index contributed by atoms with van der Waals surface area (Å²) in [5.41, 5.74) is 4.07. The van der Waals surface area contributed by atoms with Gasteiger partial charge in [-0.25, -0.2) is 0 Å². The number of rotatable bonds is 4. The highest BCUT2D eigenvalue weighted by atomic mass is 16.3. The first-order chi connectivity index (χ1) is 13.7. The minimum Gasteiger partial charge on any atom is -0.393 e. The Hall–Kier alpha value is -0.820. The molecule has 4 rings (SSSR count). The molecule has 0 aromatic rings. The quantitative estimate of drug-likeness (QED) is 0.493. The summed E-state index contributed by atoms with van der Waals surface area (Å²) in [7, 11) is 0. The molecule has 1 heteroatoms. The summed E-state index contributed by atoms with van der Waals surface area (Å²) < 4.78 is 0. The SMILES string of the molecule is CC(C)[C@@H](C)/C=C\[C@@H](C)[C@@H]1CC[C@@H]2C3=CC=C4C[C@H](O)CC[C@@]4(C)[C@@H]3CC[C@]21C. The molecule has 1 N–H and O–H groups in total. The van der Waals surface area contributed by atoms with Crippen molar-refractivity contribution in [1.29, 1.82) is 0 Å². The van der Waals surface area contributed by atoms with E-state index in [0.717, 1.165) is 36.5 Å². The molecule has 0 aromatic carbocycles. The van der Waals surface area contributed by atoms with E-state index in [1.807, 2.05) is 0 Å². The van der Waals surface area contributed by atoms with Crippen molar-refractivity contribution in [3.63, 3.8) is 0 Å². The average molecular weight is 397 g/mol. The van der Waals surface area contributed by atoms with Gasteiger partial charge >= 0.3 is 0 Å². The monoisotopic (exact) mass is 396 g/mol. The topological polar surface area (TPSA) is 20.2 Å². The van der Waals surface area contributed by atoms with Gasteiger partial charge in [0.1, 0.15) is 0 Å². The number of hydrogen-bond acceptors (Lipinski definition) is 1. The molecule has 29 heavy (non-hydrogen) atoms. The second kappa shape index (κ2) is 7.70. The largest absolute Gasteiger partial charge is 0.393 e. The lowest BCUT2D eigenvalue weighted by Crippen LogP contribution is -2.46. The molecule has 0 unspecified atom stereocenters. The highest BCUT2D eigenvalue weighted by Crippen LogP contribution is 2.65. The van der Waals surface area contributed by atoms with Gasteiger partial charge in [-0.15, -0.1) is 0 Å². The first kappa shape index (κ1) is 21.4. The van der Waals surface area contributed by atoms with E-state index in [9.17, 15) is 5.11 Å². The van der Waals surface area contributed by atoms with Gasteiger partial charge in [0, 0.05) is 0 Å². The molecular formula is C28H44O. The van der Waals surface area contributed by atoms with Crippen LogP contribution in [0.25, 0.3) is 0 Å². The number of fused-ring (bicyclic) bond motifs is 5. The molecule has 8 atom stereocenters. The van der Waals surface area contributed by atoms with E-state index in [-0.39, 0.29) is 6.10 Å². The molecule has 0 heterocycles. The van der Waals surface area contributed by atoms with E-state index in [4.69, 9.17) is 0 Å². The normalized spacial score (nSPS) is 44.0. The van der Waals surface area contributed by atoms with Crippen molar-refractivity contribution in [3.8, 4) is 0 Å². The molecule has 4 aliphatic carbocycles. The highest BCUT2D eigenvalue weighted by Gasteiger charge is 2.56. The molecule has 0 radical (unpaired) electrons. The van der Waals surface area contributed by atoms with Gasteiger partial charge in [0.25, 0.3) is 0 Å². The summed E-state index contributed by atoms with van der Waals surface area (Å²) in [4.78, 5) is 0. The van der Waals surface area contributed by atoms with Crippen LogP contribution in [0.15, 0.2) is 35.5 Å². The number of allylic oxidation sites excluding steroid dienone is 5. The van der Waals surface area contributed by atoms with Crippen LogP contribution in [-0.4, -0.2) is 11.2 Å². The van der Waals surface area contributed by atoms with Crippen LogP contribution in [0.3, 0.4) is 0 Å². The van der Waals surface area contributed by atoms with Crippen LogP contribution in [0.1, 0.15) is 86.5 Å². The minimum atomic E-state index is -0.116. The average Bonchev–Trinajstić information content (AvgIpc) is 3.03. The van der Waals surface area contributed by atoms with Crippen LogP contribution in [0.2, 0.25) is 0 Å². The van der Waals surface area contributed by atoms with Gasteiger partial charge in [-0.3, -0.25) is 0 Å². The first-order valence-corrected chi connectivity index (χ1v) is 12.4. The third-order valence-corrected chi connectivity index (χ3v) is 10.0. The summed E-state index contributed by atoms with van der Waals surface area (Å²) in [6, 6.07) is 0. The first-order valence-electron chi connectivity index (χ1n) is 12.4. The summed E-state index contributed by atoms with van der Waals surface area (Å²) >= 11 is 0. The predicted molar refractivity (Wildman–Crippen MR) is 123 cm³/mol. The van der Waals surface area contributed by atoms with Crippen molar-refractivity contribution >= 4 is 0 Å². The van der Waals surface area contributed by atoms with Crippen LogP contribution < -0.4 is 0 Å². The fraction of sp³-hybridized carbons (Fsp3) is 0.786. The summed E-state index contributed by atoms with van der Waals surface area (Å²) in [5.74, 6) is 4.38. The van der Waals surface area contributed by atoms with Crippen molar-refractivity contribution in [2.75, 3.05) is 0 Å². The van der Waals surface area contributed by atoms with Gasteiger partial charge in [-0.1, -0.05) is 77.0 Å². The van der Waals surface area contributed by atoms with Gasteiger partial charge in [0.15, 0.2) is 0 Å². The second-order valence-electron chi connectivity index (χ2n) is 11.9. The lowest BCUT2D eigenvalue weighted by atomic mass is 9.50. The molecular weight excluding hydrogens is 352 g/mol. The fourth-order valence-electron chi connectivity index (χ4n) is 7.59.